The third-order valence-electron chi connectivity index (χ3n) is 2.14. The highest BCUT2D eigenvalue weighted by Gasteiger charge is 2.14. The second-order valence-electron chi connectivity index (χ2n) is 2.99. The molecule has 0 aliphatic rings. The number of nitrogens with zero attached hydrogens (tertiary/aromatic N) is 2. The predicted octanol–water partition coefficient (Wildman–Crippen LogP) is 4.45. The van der Waals surface area contributed by atoms with E-state index in [-0.39, 0.29) is 0 Å². The second-order valence-corrected chi connectivity index (χ2v) is 4.50. The summed E-state index contributed by atoms with van der Waals surface area (Å²) in [6.07, 6.45) is 1.98. The fourth-order valence-electron chi connectivity index (χ4n) is 1.25. The fraction of sp³-hybridized carbons (Fsp3) is 0.556. The Morgan fingerprint density at radius 2 is 1.57 bits per heavy atom. The average molecular weight is 298 g/mol. The lowest BCUT2D eigenvalue weighted by molar-refractivity contribution is 0.601. The van der Waals surface area contributed by atoms with Crippen molar-refractivity contribution < 1.29 is 0 Å². The molecule has 1 heterocycles. The van der Waals surface area contributed by atoms with E-state index in [0.29, 0.717) is 20.7 Å². The lowest BCUT2D eigenvalue weighted by Gasteiger charge is -2.11. The molecule has 0 amide bonds. The first-order chi connectivity index (χ1) is 6.60. The number of hydrogen-bond acceptors (Lipinski definition) is 2. The second kappa shape index (κ2) is 5.29. The van der Waals surface area contributed by atoms with Crippen LogP contribution in [0.25, 0.3) is 0 Å². The van der Waals surface area contributed by atoms with Gasteiger partial charge < -0.3 is 0 Å². The molecule has 0 atom stereocenters. The molecule has 0 spiro atoms. The van der Waals surface area contributed by atoms with Crippen LogP contribution in [0.3, 0.4) is 0 Å². The Morgan fingerprint density at radius 1 is 1.14 bits per heavy atom. The topological polar surface area (TPSA) is 25.8 Å². The van der Waals surface area contributed by atoms with Crippen LogP contribution in [-0.2, 0) is 0 Å². The summed E-state index contributed by atoms with van der Waals surface area (Å²) in [5, 5.41) is 0.763. The predicted molar refractivity (Wildman–Crippen MR) is 63.1 cm³/mol. The van der Waals surface area contributed by atoms with Gasteiger partial charge in [0.15, 0.2) is 0 Å². The molecule has 0 radical (unpaired) electrons. The molecule has 1 aromatic heterocycles. The summed E-state index contributed by atoms with van der Waals surface area (Å²) in [5.74, 6) is 1.06. The summed E-state index contributed by atoms with van der Waals surface area (Å²) in [6, 6.07) is 0. The van der Waals surface area contributed by atoms with E-state index in [9.17, 15) is 0 Å². The van der Waals surface area contributed by atoms with Gasteiger partial charge in [0, 0.05) is 5.92 Å². The van der Waals surface area contributed by atoms with Gasteiger partial charge in [-0.3, -0.25) is 0 Å². The van der Waals surface area contributed by atoms with Crippen molar-refractivity contribution in [3.8, 4) is 0 Å². The monoisotopic (exact) mass is 296 g/mol. The van der Waals surface area contributed by atoms with Crippen molar-refractivity contribution in [3.63, 3.8) is 0 Å². The van der Waals surface area contributed by atoms with Crippen molar-refractivity contribution in [2.75, 3.05) is 0 Å². The minimum absolute atomic E-state index is 0.332. The van der Waals surface area contributed by atoms with Crippen LogP contribution in [0.2, 0.25) is 10.3 Å². The molecular formula is C9H11BrCl2N2. The normalized spacial score (nSPS) is 11.0. The third-order valence-corrected chi connectivity index (χ3v) is 3.89. The molecule has 14 heavy (non-hydrogen) atoms. The molecular weight excluding hydrogens is 287 g/mol. The van der Waals surface area contributed by atoms with Crippen molar-refractivity contribution in [2.45, 2.75) is 32.6 Å². The van der Waals surface area contributed by atoms with Gasteiger partial charge >= 0.3 is 0 Å². The molecule has 5 heteroatoms. The first-order valence-corrected chi connectivity index (χ1v) is 6.03. The molecule has 0 unspecified atom stereocenters. The number of rotatable bonds is 3. The summed E-state index contributed by atoms with van der Waals surface area (Å²) in [7, 11) is 0. The van der Waals surface area contributed by atoms with E-state index in [1.807, 2.05) is 0 Å². The molecule has 0 aliphatic carbocycles. The maximum absolute atomic E-state index is 5.89. The summed E-state index contributed by atoms with van der Waals surface area (Å²) in [5.41, 5.74) is 0. The zero-order chi connectivity index (χ0) is 10.7. The van der Waals surface area contributed by atoms with Gasteiger partial charge in [-0.05, 0) is 28.8 Å². The summed E-state index contributed by atoms with van der Waals surface area (Å²) >= 11 is 15.0. The van der Waals surface area contributed by atoms with E-state index in [2.05, 4.69) is 39.7 Å². The highest BCUT2D eigenvalue weighted by atomic mass is 79.9. The lowest BCUT2D eigenvalue weighted by Crippen LogP contribution is -2.03. The Morgan fingerprint density at radius 3 is 1.93 bits per heavy atom. The van der Waals surface area contributed by atoms with Crippen LogP contribution in [0.1, 0.15) is 38.4 Å². The van der Waals surface area contributed by atoms with Gasteiger partial charge in [0.25, 0.3) is 0 Å². The third kappa shape index (κ3) is 2.59. The average Bonchev–Trinajstić information content (AvgIpc) is 2.16. The molecule has 78 valence electrons. The van der Waals surface area contributed by atoms with Crippen LogP contribution in [0, 0.1) is 0 Å². The number of aromatic nitrogens is 2. The van der Waals surface area contributed by atoms with E-state index in [4.69, 9.17) is 23.2 Å². The summed E-state index contributed by atoms with van der Waals surface area (Å²) in [4.78, 5) is 8.40. The molecule has 0 saturated carbocycles. The van der Waals surface area contributed by atoms with Crippen LogP contribution in [0.15, 0.2) is 4.47 Å². The molecule has 0 aromatic carbocycles. The van der Waals surface area contributed by atoms with Crippen molar-refractivity contribution in [3.05, 3.63) is 20.6 Å². The quantitative estimate of drug-likeness (QED) is 0.770. The standard InChI is InChI=1S/C9H11BrCl2N2/c1-3-5(4-2)9-13-7(11)6(10)8(12)14-9/h5H,3-4H2,1-2H3. The molecule has 1 aromatic rings. The minimum Gasteiger partial charge on any atom is -0.220 e. The van der Waals surface area contributed by atoms with Gasteiger partial charge in [-0.2, -0.15) is 0 Å². The van der Waals surface area contributed by atoms with Crippen molar-refractivity contribution in [2.24, 2.45) is 0 Å². The molecule has 2 nitrogen and oxygen atoms in total. The van der Waals surface area contributed by atoms with Gasteiger partial charge in [-0.1, -0.05) is 37.0 Å². The maximum Gasteiger partial charge on any atom is 0.148 e. The Balaban J connectivity index is 3.11. The maximum atomic E-state index is 5.89. The van der Waals surface area contributed by atoms with Gasteiger partial charge in [0.05, 0.1) is 4.47 Å². The van der Waals surface area contributed by atoms with Crippen molar-refractivity contribution in [1.29, 1.82) is 0 Å². The Labute approximate surface area is 102 Å². The molecule has 0 bridgehead atoms. The van der Waals surface area contributed by atoms with Gasteiger partial charge in [-0.25, -0.2) is 9.97 Å². The number of halogens is 3. The molecule has 0 N–H and O–H groups in total. The van der Waals surface area contributed by atoms with Gasteiger partial charge in [-0.15, -0.1) is 0 Å². The minimum atomic E-state index is 0.332. The van der Waals surface area contributed by atoms with E-state index in [0.717, 1.165) is 18.7 Å². The van der Waals surface area contributed by atoms with Crippen LogP contribution >= 0.6 is 39.1 Å². The van der Waals surface area contributed by atoms with E-state index < -0.39 is 0 Å². The molecule has 0 fully saturated rings. The lowest BCUT2D eigenvalue weighted by atomic mass is 10.0. The highest BCUT2D eigenvalue weighted by Crippen LogP contribution is 2.30. The summed E-state index contributed by atoms with van der Waals surface area (Å²) < 4.78 is 0.565. The van der Waals surface area contributed by atoms with Crippen LogP contribution in [0.5, 0.6) is 0 Å². The van der Waals surface area contributed by atoms with Crippen LogP contribution < -0.4 is 0 Å². The summed E-state index contributed by atoms with van der Waals surface area (Å²) in [6.45, 7) is 4.20. The SMILES string of the molecule is CCC(CC)c1nc(Cl)c(Br)c(Cl)n1. The first kappa shape index (κ1) is 12.2. The zero-order valence-corrected chi connectivity index (χ0v) is 11.1. The highest BCUT2D eigenvalue weighted by molar-refractivity contribution is 9.10. The first-order valence-electron chi connectivity index (χ1n) is 4.48. The smallest absolute Gasteiger partial charge is 0.148 e. The van der Waals surface area contributed by atoms with Crippen molar-refractivity contribution in [1.82, 2.24) is 9.97 Å². The van der Waals surface area contributed by atoms with E-state index in [1.165, 1.54) is 0 Å². The fourth-order valence-corrected chi connectivity index (χ4v) is 1.82. The largest absolute Gasteiger partial charge is 0.220 e. The van der Waals surface area contributed by atoms with Gasteiger partial charge in [0.2, 0.25) is 0 Å². The Kier molecular flexibility index (Phi) is 4.61. The molecule has 0 aliphatic heterocycles. The molecule has 1 rings (SSSR count). The van der Waals surface area contributed by atoms with Gasteiger partial charge in [0.1, 0.15) is 16.1 Å². The Bertz CT molecular complexity index is 304. The van der Waals surface area contributed by atoms with Crippen LogP contribution in [-0.4, -0.2) is 9.97 Å². The van der Waals surface area contributed by atoms with Crippen LogP contribution in [0.4, 0.5) is 0 Å². The van der Waals surface area contributed by atoms with E-state index in [1.54, 1.807) is 0 Å². The Hall–Kier alpha value is 0.140. The van der Waals surface area contributed by atoms with Crippen molar-refractivity contribution >= 4 is 39.1 Å². The molecule has 0 saturated heterocycles. The van der Waals surface area contributed by atoms with E-state index >= 15 is 0 Å². The zero-order valence-electron chi connectivity index (χ0n) is 8.02. The number of hydrogen-bond donors (Lipinski definition) is 0.